The molecule has 0 spiro atoms. The van der Waals surface area contributed by atoms with E-state index < -0.39 is 23.9 Å². The van der Waals surface area contributed by atoms with Crippen molar-refractivity contribution < 1.29 is 23.9 Å². The van der Waals surface area contributed by atoms with Gasteiger partial charge in [-0.3, -0.25) is 24.2 Å². The molecule has 1 aromatic carbocycles. The molecule has 1 aliphatic heterocycles. The van der Waals surface area contributed by atoms with Gasteiger partial charge >= 0.3 is 17.8 Å². The number of nitrogens with zero attached hydrogens (tertiary/aromatic N) is 2. The number of ether oxygens (including phenoxy) is 1. The van der Waals surface area contributed by atoms with Crippen molar-refractivity contribution in [1.82, 2.24) is 9.80 Å². The number of ketones is 1. The Bertz CT molecular complexity index is 711. The summed E-state index contributed by atoms with van der Waals surface area (Å²) < 4.78 is 5.49. The molecule has 0 bridgehead atoms. The van der Waals surface area contributed by atoms with Crippen LogP contribution in [-0.2, 0) is 16.1 Å². The first-order chi connectivity index (χ1) is 11.3. The van der Waals surface area contributed by atoms with Crippen LogP contribution in [0.4, 0.5) is 4.79 Å². The van der Waals surface area contributed by atoms with E-state index in [1.54, 1.807) is 39.0 Å². The van der Waals surface area contributed by atoms with Crippen LogP contribution in [0.5, 0.6) is 5.75 Å². The van der Waals surface area contributed by atoms with Crippen molar-refractivity contribution >= 4 is 23.6 Å². The normalized spacial score (nSPS) is 14.8. The van der Waals surface area contributed by atoms with Gasteiger partial charge in [-0.15, -0.1) is 0 Å². The van der Waals surface area contributed by atoms with Crippen LogP contribution >= 0.6 is 0 Å². The third kappa shape index (κ3) is 3.15. The summed E-state index contributed by atoms with van der Waals surface area (Å²) >= 11 is 0. The largest absolute Gasteiger partial charge is 0.494 e. The molecule has 24 heavy (non-hydrogen) atoms. The summed E-state index contributed by atoms with van der Waals surface area (Å²) in [6.45, 7) is 6.83. The van der Waals surface area contributed by atoms with E-state index in [0.717, 1.165) is 9.80 Å². The predicted octanol–water partition coefficient (Wildman–Crippen LogP) is 1.99. The fourth-order valence-corrected chi connectivity index (χ4v) is 2.51. The van der Waals surface area contributed by atoms with Crippen LogP contribution in [-0.4, -0.2) is 46.1 Å². The molecule has 7 nitrogen and oxygen atoms in total. The van der Waals surface area contributed by atoms with E-state index in [1.807, 2.05) is 0 Å². The van der Waals surface area contributed by atoms with E-state index in [9.17, 15) is 19.2 Å². The summed E-state index contributed by atoms with van der Waals surface area (Å²) in [6.07, 6.45) is 0. The second-order valence-electron chi connectivity index (χ2n) is 5.75. The highest BCUT2D eigenvalue weighted by Crippen LogP contribution is 2.25. The summed E-state index contributed by atoms with van der Waals surface area (Å²) in [6, 6.07) is 3.76. The third-order valence-corrected chi connectivity index (χ3v) is 3.70. The van der Waals surface area contributed by atoms with E-state index in [2.05, 4.69) is 0 Å². The fourth-order valence-electron chi connectivity index (χ4n) is 2.51. The van der Waals surface area contributed by atoms with Crippen molar-refractivity contribution in [2.24, 2.45) is 0 Å². The predicted molar refractivity (Wildman–Crippen MR) is 85.5 cm³/mol. The number of amides is 4. The molecule has 0 unspecified atom stereocenters. The summed E-state index contributed by atoms with van der Waals surface area (Å²) in [5, 5.41) is 0. The molecule has 128 valence electrons. The monoisotopic (exact) mass is 332 g/mol. The van der Waals surface area contributed by atoms with Crippen LogP contribution < -0.4 is 4.74 Å². The van der Waals surface area contributed by atoms with Crippen LogP contribution in [0.25, 0.3) is 0 Å². The van der Waals surface area contributed by atoms with Gasteiger partial charge in [0.2, 0.25) is 0 Å². The second-order valence-corrected chi connectivity index (χ2v) is 5.75. The van der Waals surface area contributed by atoms with Crippen molar-refractivity contribution in [3.8, 4) is 5.75 Å². The van der Waals surface area contributed by atoms with Gasteiger partial charge in [0, 0.05) is 17.2 Å². The van der Waals surface area contributed by atoms with Gasteiger partial charge in [0.05, 0.1) is 13.2 Å². The third-order valence-electron chi connectivity index (χ3n) is 3.70. The van der Waals surface area contributed by atoms with Gasteiger partial charge in [-0.25, -0.2) is 4.79 Å². The zero-order valence-corrected chi connectivity index (χ0v) is 14.2. The number of Topliss-reactive ketones (excluding diaryl/α,β-unsaturated/α-hetero) is 1. The highest BCUT2D eigenvalue weighted by Gasteiger charge is 2.45. The Labute approximate surface area is 140 Å². The number of carbonyl (C=O) groups excluding carboxylic acids is 4. The minimum atomic E-state index is -0.871. The first-order valence-electron chi connectivity index (χ1n) is 7.73. The zero-order valence-electron chi connectivity index (χ0n) is 14.2. The Morgan fingerprint density at radius 3 is 2.33 bits per heavy atom. The lowest BCUT2D eigenvalue weighted by molar-refractivity contribution is -0.144. The molecule has 2 rings (SSSR count). The number of hydrogen-bond donors (Lipinski definition) is 0. The zero-order chi connectivity index (χ0) is 18.0. The molecule has 0 aromatic heterocycles. The first-order valence-corrected chi connectivity index (χ1v) is 7.73. The number of urea groups is 1. The molecule has 4 amide bonds. The molecule has 1 fully saturated rings. The average Bonchev–Trinajstić information content (AvgIpc) is 2.72. The topological polar surface area (TPSA) is 84.0 Å². The first kappa shape index (κ1) is 17.7. The standard InChI is InChI=1S/C17H20N2O5/c1-5-24-14-7-6-12(11(4)20)8-13(14)9-18-15(21)16(22)19(10(2)3)17(18)23/h6-8,10H,5,9H2,1-4H3. The Morgan fingerprint density at radius 2 is 1.83 bits per heavy atom. The van der Waals surface area contributed by atoms with E-state index >= 15 is 0 Å². The maximum absolute atomic E-state index is 12.4. The minimum absolute atomic E-state index is 0.122. The van der Waals surface area contributed by atoms with Gasteiger partial charge in [-0.1, -0.05) is 0 Å². The molecule has 1 aromatic rings. The number of imide groups is 2. The lowest BCUT2D eigenvalue weighted by atomic mass is 10.1. The van der Waals surface area contributed by atoms with Gasteiger partial charge in [-0.2, -0.15) is 0 Å². The van der Waals surface area contributed by atoms with Crippen molar-refractivity contribution in [3.63, 3.8) is 0 Å². The van der Waals surface area contributed by atoms with Gasteiger partial charge < -0.3 is 4.74 Å². The molecular weight excluding hydrogens is 312 g/mol. The van der Waals surface area contributed by atoms with Crippen LogP contribution in [0.3, 0.4) is 0 Å². The molecule has 1 aliphatic rings. The summed E-state index contributed by atoms with van der Waals surface area (Å²) in [7, 11) is 0. The van der Waals surface area contributed by atoms with Gasteiger partial charge in [-0.05, 0) is 45.9 Å². The molecular formula is C17H20N2O5. The lowest BCUT2D eigenvalue weighted by Gasteiger charge is -2.19. The highest BCUT2D eigenvalue weighted by atomic mass is 16.5. The van der Waals surface area contributed by atoms with Gasteiger partial charge in [0.25, 0.3) is 0 Å². The van der Waals surface area contributed by atoms with Crippen LogP contribution in [0, 0.1) is 0 Å². The minimum Gasteiger partial charge on any atom is -0.494 e. The van der Waals surface area contributed by atoms with Crippen molar-refractivity contribution in [3.05, 3.63) is 29.3 Å². The Kier molecular flexibility index (Phi) is 5.02. The number of carbonyl (C=O) groups is 4. The maximum atomic E-state index is 12.4. The molecule has 0 saturated carbocycles. The van der Waals surface area contributed by atoms with E-state index in [1.165, 1.54) is 6.92 Å². The average molecular weight is 332 g/mol. The van der Waals surface area contributed by atoms with Crippen LogP contribution in [0.1, 0.15) is 43.6 Å². The van der Waals surface area contributed by atoms with Gasteiger partial charge in [0.1, 0.15) is 5.75 Å². The number of benzene rings is 1. The smallest absolute Gasteiger partial charge is 0.334 e. The Hall–Kier alpha value is -2.70. The van der Waals surface area contributed by atoms with E-state index in [0.29, 0.717) is 23.5 Å². The number of hydrogen-bond acceptors (Lipinski definition) is 5. The fraction of sp³-hybridized carbons (Fsp3) is 0.412. The maximum Gasteiger partial charge on any atom is 0.334 e. The Morgan fingerprint density at radius 1 is 1.17 bits per heavy atom. The lowest BCUT2D eigenvalue weighted by Crippen LogP contribution is -2.37. The molecule has 0 aliphatic carbocycles. The van der Waals surface area contributed by atoms with Gasteiger partial charge in [0.15, 0.2) is 5.78 Å². The summed E-state index contributed by atoms with van der Waals surface area (Å²) in [5.74, 6) is -1.38. The molecule has 0 atom stereocenters. The van der Waals surface area contributed by atoms with Crippen molar-refractivity contribution in [2.45, 2.75) is 40.3 Å². The molecule has 1 heterocycles. The Balaban J connectivity index is 2.37. The highest BCUT2D eigenvalue weighted by molar-refractivity contribution is 6.44. The van der Waals surface area contributed by atoms with E-state index in [4.69, 9.17) is 4.74 Å². The van der Waals surface area contributed by atoms with Crippen LogP contribution in [0.2, 0.25) is 0 Å². The summed E-state index contributed by atoms with van der Waals surface area (Å²) in [5.41, 5.74) is 0.948. The summed E-state index contributed by atoms with van der Waals surface area (Å²) in [4.78, 5) is 49.8. The molecule has 1 saturated heterocycles. The quantitative estimate of drug-likeness (QED) is 0.452. The molecule has 0 radical (unpaired) electrons. The second kappa shape index (κ2) is 6.82. The van der Waals surface area contributed by atoms with Crippen molar-refractivity contribution in [1.29, 1.82) is 0 Å². The SMILES string of the molecule is CCOc1ccc(C(C)=O)cc1CN1C(=O)C(=O)N(C(C)C)C1=O. The molecule has 7 heteroatoms. The molecule has 0 N–H and O–H groups in total. The van der Waals surface area contributed by atoms with Crippen molar-refractivity contribution in [2.75, 3.05) is 6.61 Å². The number of rotatable bonds is 6. The van der Waals surface area contributed by atoms with E-state index in [-0.39, 0.29) is 12.3 Å². The van der Waals surface area contributed by atoms with Crippen LogP contribution in [0.15, 0.2) is 18.2 Å².